The number of hydrogen-bond acceptors (Lipinski definition) is 3. The Hall–Kier alpha value is -1.86. The lowest BCUT2D eigenvalue weighted by Gasteiger charge is -2.52. The fourth-order valence-corrected chi connectivity index (χ4v) is 7.58. The second-order valence-corrected chi connectivity index (χ2v) is 14.4. The minimum atomic E-state index is -3.41. The van der Waals surface area contributed by atoms with Gasteiger partial charge < -0.3 is 4.90 Å². The van der Waals surface area contributed by atoms with Gasteiger partial charge in [-0.25, -0.2) is 13.1 Å². The van der Waals surface area contributed by atoms with Crippen LogP contribution in [0.5, 0.6) is 0 Å². The van der Waals surface area contributed by atoms with Crippen LogP contribution in [0, 0.1) is 11.3 Å². The molecule has 1 aliphatic heterocycles. The molecule has 1 N–H and O–H groups in total. The summed E-state index contributed by atoms with van der Waals surface area (Å²) in [5, 5.41) is 0.938. The molecule has 1 aliphatic carbocycles. The molecule has 38 heavy (non-hydrogen) atoms. The van der Waals surface area contributed by atoms with Gasteiger partial charge in [0.1, 0.15) is 0 Å². The van der Waals surface area contributed by atoms with Gasteiger partial charge in [0.25, 0.3) is 0 Å². The molecular formula is C30H38Cl2N2O3S. The number of hydrogen-bond donors (Lipinski definition) is 1. The third-order valence-corrected chi connectivity index (χ3v) is 10.2. The molecule has 2 fully saturated rings. The highest BCUT2D eigenvalue weighted by Crippen LogP contribution is 2.52. The molecule has 4 rings (SSSR count). The second-order valence-electron chi connectivity index (χ2n) is 11.5. The number of halogens is 2. The third-order valence-electron chi connectivity index (χ3n) is 7.81. The van der Waals surface area contributed by atoms with Crippen LogP contribution in [-0.4, -0.2) is 37.1 Å². The number of piperidine rings is 1. The van der Waals surface area contributed by atoms with E-state index in [-0.39, 0.29) is 41.6 Å². The maximum absolute atomic E-state index is 14.5. The molecule has 0 bridgehead atoms. The van der Waals surface area contributed by atoms with Gasteiger partial charge >= 0.3 is 0 Å². The average molecular weight is 578 g/mol. The van der Waals surface area contributed by atoms with Crippen LogP contribution < -0.4 is 4.72 Å². The van der Waals surface area contributed by atoms with Crippen molar-refractivity contribution in [1.82, 2.24) is 9.62 Å². The van der Waals surface area contributed by atoms with Crippen molar-refractivity contribution in [2.24, 2.45) is 11.3 Å². The van der Waals surface area contributed by atoms with Crippen LogP contribution in [0.4, 0.5) is 0 Å². The summed E-state index contributed by atoms with van der Waals surface area (Å²) in [6, 6.07) is 14.8. The smallest absolute Gasteiger partial charge is 0.229 e. The number of nitrogens with zero attached hydrogens (tertiary/aromatic N) is 1. The zero-order chi connectivity index (χ0) is 27.7. The van der Waals surface area contributed by atoms with Crippen LogP contribution in [0.3, 0.4) is 0 Å². The Kier molecular flexibility index (Phi) is 8.98. The van der Waals surface area contributed by atoms with E-state index in [2.05, 4.69) is 31.2 Å². The number of amides is 1. The average Bonchev–Trinajstić information content (AvgIpc) is 3.71. The van der Waals surface area contributed by atoms with Crippen molar-refractivity contribution < 1.29 is 13.2 Å². The number of sulfonamides is 1. The van der Waals surface area contributed by atoms with E-state index in [0.717, 1.165) is 11.1 Å². The van der Waals surface area contributed by atoms with Gasteiger partial charge in [-0.3, -0.25) is 4.79 Å². The quantitative estimate of drug-likeness (QED) is 0.289. The number of likely N-dealkylation sites (tertiary alicyclic amines) is 1. The van der Waals surface area contributed by atoms with Crippen molar-refractivity contribution in [2.75, 3.05) is 6.54 Å². The Morgan fingerprint density at radius 2 is 1.79 bits per heavy atom. The van der Waals surface area contributed by atoms with Crippen molar-refractivity contribution >= 4 is 39.1 Å². The minimum absolute atomic E-state index is 0.0203. The minimum Gasteiger partial charge on any atom is -0.330 e. The molecule has 2 aromatic rings. The highest BCUT2D eigenvalue weighted by atomic mass is 35.5. The number of benzene rings is 2. The van der Waals surface area contributed by atoms with E-state index < -0.39 is 15.4 Å². The second kappa shape index (κ2) is 11.7. The van der Waals surface area contributed by atoms with E-state index in [1.165, 1.54) is 0 Å². The van der Waals surface area contributed by atoms with Crippen molar-refractivity contribution in [3.63, 3.8) is 0 Å². The molecule has 0 aromatic heterocycles. The van der Waals surface area contributed by atoms with E-state index in [9.17, 15) is 13.2 Å². The van der Waals surface area contributed by atoms with E-state index in [1.807, 2.05) is 54.3 Å². The van der Waals surface area contributed by atoms with E-state index >= 15 is 0 Å². The fourth-order valence-electron chi connectivity index (χ4n) is 5.84. The van der Waals surface area contributed by atoms with Gasteiger partial charge in [-0.15, -0.1) is 6.58 Å². The lowest BCUT2D eigenvalue weighted by atomic mass is 9.67. The summed E-state index contributed by atoms with van der Waals surface area (Å²) in [5.74, 6) is 0.209. The number of nitrogens with one attached hydrogen (secondary N) is 1. The summed E-state index contributed by atoms with van der Waals surface area (Å²) in [7, 11) is -3.41. The van der Waals surface area contributed by atoms with Gasteiger partial charge in [0.05, 0.1) is 16.7 Å². The molecule has 2 aromatic carbocycles. The van der Waals surface area contributed by atoms with Gasteiger partial charge in [-0.2, -0.15) is 0 Å². The first-order chi connectivity index (χ1) is 17.9. The normalized spacial score (nSPS) is 25.0. The maximum Gasteiger partial charge on any atom is 0.229 e. The lowest BCUT2D eigenvalue weighted by molar-refractivity contribution is -0.154. The monoisotopic (exact) mass is 576 g/mol. The number of allylic oxidation sites excluding steroid dienone is 1. The predicted octanol–water partition coefficient (Wildman–Crippen LogP) is 7.13. The number of carbonyl (C=O) groups is 1. The lowest BCUT2D eigenvalue weighted by Crippen LogP contribution is -2.58. The molecule has 4 atom stereocenters. The van der Waals surface area contributed by atoms with Crippen LogP contribution in [0.15, 0.2) is 61.2 Å². The Labute approximate surface area is 237 Å². The standard InChI is InChI=1S/C30H38Cl2N2O3S/c1-5-15-30(4)18-27(22-7-6-8-24(32)17-22)28(21-9-11-23(31)12-10-21)34(29(30)35)25(16-20(2)3)19-33-38(36,37)26-13-14-26/h5-12,17,20,25-28,33H,1,13-16,18-19H2,2-4H3/t25-,27+,28+,30-/m0/s1. The zero-order valence-corrected chi connectivity index (χ0v) is 24.7. The molecule has 0 unspecified atom stereocenters. The van der Waals surface area contributed by atoms with Gasteiger partial charge in [0, 0.05) is 28.5 Å². The number of rotatable bonds is 11. The maximum atomic E-state index is 14.5. The van der Waals surface area contributed by atoms with E-state index in [0.29, 0.717) is 42.1 Å². The summed E-state index contributed by atoms with van der Waals surface area (Å²) in [6.45, 7) is 10.3. The van der Waals surface area contributed by atoms with Crippen LogP contribution in [-0.2, 0) is 14.8 Å². The Morgan fingerprint density at radius 1 is 1.11 bits per heavy atom. The molecular weight excluding hydrogens is 539 g/mol. The molecule has 1 saturated carbocycles. The van der Waals surface area contributed by atoms with E-state index in [4.69, 9.17) is 23.2 Å². The highest BCUT2D eigenvalue weighted by Gasteiger charge is 2.51. The number of carbonyl (C=O) groups excluding carboxylic acids is 1. The van der Waals surface area contributed by atoms with Crippen LogP contribution >= 0.6 is 23.2 Å². The zero-order valence-electron chi connectivity index (χ0n) is 22.4. The molecule has 1 saturated heterocycles. The van der Waals surface area contributed by atoms with Gasteiger partial charge in [-0.1, -0.05) is 74.3 Å². The van der Waals surface area contributed by atoms with Crippen molar-refractivity contribution in [2.45, 2.75) is 76.1 Å². The van der Waals surface area contributed by atoms with Gasteiger partial charge in [-0.05, 0) is 73.4 Å². The van der Waals surface area contributed by atoms with Crippen LogP contribution in [0.25, 0.3) is 0 Å². The molecule has 206 valence electrons. The molecule has 8 heteroatoms. The van der Waals surface area contributed by atoms with Crippen molar-refractivity contribution in [3.8, 4) is 0 Å². The van der Waals surface area contributed by atoms with E-state index in [1.54, 1.807) is 6.08 Å². The first-order valence-corrected chi connectivity index (χ1v) is 15.7. The molecule has 1 amide bonds. The van der Waals surface area contributed by atoms with Crippen molar-refractivity contribution in [1.29, 1.82) is 0 Å². The van der Waals surface area contributed by atoms with Crippen molar-refractivity contribution in [3.05, 3.63) is 82.4 Å². The third kappa shape index (κ3) is 6.47. The SMILES string of the molecule is C=CC[C@@]1(C)C[C@H](c2cccc(Cl)c2)[C@@H](c2ccc(Cl)cc2)N([C@H](CNS(=O)(=O)C2CC2)CC(C)C)C1=O. The van der Waals surface area contributed by atoms with Gasteiger partial charge in [0.2, 0.25) is 15.9 Å². The summed E-state index contributed by atoms with van der Waals surface area (Å²) in [4.78, 5) is 16.4. The molecule has 1 heterocycles. The fraction of sp³-hybridized carbons (Fsp3) is 0.500. The predicted molar refractivity (Wildman–Crippen MR) is 156 cm³/mol. The van der Waals surface area contributed by atoms with Crippen LogP contribution in [0.2, 0.25) is 10.0 Å². The summed E-state index contributed by atoms with van der Waals surface area (Å²) in [6.07, 6.45) is 4.98. The first-order valence-electron chi connectivity index (χ1n) is 13.4. The topological polar surface area (TPSA) is 66.5 Å². The summed E-state index contributed by atoms with van der Waals surface area (Å²) in [5.41, 5.74) is 1.32. The molecule has 0 radical (unpaired) electrons. The highest BCUT2D eigenvalue weighted by molar-refractivity contribution is 7.90. The Bertz CT molecular complexity index is 1260. The molecule has 5 nitrogen and oxygen atoms in total. The summed E-state index contributed by atoms with van der Waals surface area (Å²) >= 11 is 12.7. The van der Waals surface area contributed by atoms with Gasteiger partial charge in [0.15, 0.2) is 0 Å². The largest absolute Gasteiger partial charge is 0.330 e. The summed E-state index contributed by atoms with van der Waals surface area (Å²) < 4.78 is 28.5. The molecule has 0 spiro atoms. The Balaban J connectivity index is 1.86. The Morgan fingerprint density at radius 3 is 2.37 bits per heavy atom. The first kappa shape index (κ1) is 29.1. The van der Waals surface area contributed by atoms with Crippen LogP contribution in [0.1, 0.15) is 76.0 Å². The molecule has 2 aliphatic rings.